The fraction of sp³-hybridized carbons (Fsp3) is 0.348. The number of carbonyl (C=O) groups is 1. The molecule has 6 heteroatoms. The van der Waals surface area contributed by atoms with E-state index < -0.39 is 0 Å². The number of piperidine rings is 1. The minimum Gasteiger partial charge on any atom is -0.484 e. The number of benzene rings is 2. The molecule has 0 spiro atoms. The van der Waals surface area contributed by atoms with Crippen LogP contribution in [-0.2, 0) is 11.2 Å². The van der Waals surface area contributed by atoms with Crippen LogP contribution in [0.1, 0.15) is 24.3 Å². The van der Waals surface area contributed by atoms with E-state index in [1.165, 1.54) is 5.56 Å². The second-order valence-corrected chi connectivity index (χ2v) is 7.51. The number of ether oxygens (including phenoxy) is 1. The Morgan fingerprint density at radius 3 is 2.55 bits per heavy atom. The van der Waals surface area contributed by atoms with Gasteiger partial charge in [-0.1, -0.05) is 53.2 Å². The van der Waals surface area contributed by atoms with Crippen LogP contribution in [0.4, 0.5) is 0 Å². The molecular weight excluding hydrogens is 366 g/mol. The zero-order valence-corrected chi connectivity index (χ0v) is 16.6. The second kappa shape index (κ2) is 8.90. The summed E-state index contributed by atoms with van der Waals surface area (Å²) in [4.78, 5) is 18.8. The average molecular weight is 391 g/mol. The van der Waals surface area contributed by atoms with E-state index in [-0.39, 0.29) is 12.5 Å². The van der Waals surface area contributed by atoms with Gasteiger partial charge in [0.1, 0.15) is 5.75 Å². The number of likely N-dealkylation sites (tertiary alicyclic amines) is 1. The Hall–Kier alpha value is -3.15. The highest BCUT2D eigenvalue weighted by atomic mass is 16.5. The number of hydrogen-bond donors (Lipinski definition) is 0. The quantitative estimate of drug-likeness (QED) is 0.637. The number of hydrogen-bond acceptors (Lipinski definition) is 5. The lowest BCUT2D eigenvalue weighted by Gasteiger charge is -2.31. The van der Waals surface area contributed by atoms with Crippen molar-refractivity contribution >= 4 is 5.91 Å². The fourth-order valence-electron chi connectivity index (χ4n) is 3.55. The van der Waals surface area contributed by atoms with E-state index in [9.17, 15) is 4.79 Å². The second-order valence-electron chi connectivity index (χ2n) is 7.51. The van der Waals surface area contributed by atoms with Crippen LogP contribution in [0.2, 0.25) is 0 Å². The van der Waals surface area contributed by atoms with Crippen LogP contribution in [0, 0.1) is 12.8 Å². The van der Waals surface area contributed by atoms with Crippen molar-refractivity contribution in [2.45, 2.75) is 26.2 Å². The van der Waals surface area contributed by atoms with Crippen molar-refractivity contribution in [2.75, 3.05) is 19.7 Å². The Morgan fingerprint density at radius 1 is 1.10 bits per heavy atom. The molecule has 0 saturated carbocycles. The molecule has 0 N–H and O–H groups in total. The summed E-state index contributed by atoms with van der Waals surface area (Å²) in [6.07, 6.45) is 2.61. The van der Waals surface area contributed by atoms with Crippen LogP contribution in [0.3, 0.4) is 0 Å². The van der Waals surface area contributed by atoms with Crippen molar-refractivity contribution < 1.29 is 14.1 Å². The Labute approximate surface area is 170 Å². The third-order valence-corrected chi connectivity index (χ3v) is 5.31. The normalized spacial score (nSPS) is 14.7. The van der Waals surface area contributed by atoms with Crippen LogP contribution in [0.5, 0.6) is 5.75 Å². The highest BCUT2D eigenvalue weighted by Gasteiger charge is 2.25. The van der Waals surface area contributed by atoms with Crippen molar-refractivity contribution in [1.82, 2.24) is 15.0 Å². The van der Waals surface area contributed by atoms with E-state index in [1.54, 1.807) is 0 Å². The summed E-state index contributed by atoms with van der Waals surface area (Å²) in [5.41, 5.74) is 2.12. The Kier molecular flexibility index (Phi) is 5.89. The summed E-state index contributed by atoms with van der Waals surface area (Å²) in [6.45, 7) is 3.58. The molecule has 0 unspecified atom stereocenters. The van der Waals surface area contributed by atoms with Gasteiger partial charge in [0.15, 0.2) is 6.61 Å². The van der Waals surface area contributed by atoms with E-state index in [0.717, 1.165) is 43.7 Å². The SMILES string of the molecule is Cc1ccc(OCC(=O)N2CCC(Cc3nc(-c4ccccc4)no3)CC2)cc1. The fourth-order valence-corrected chi connectivity index (χ4v) is 3.55. The predicted octanol–water partition coefficient (Wildman–Crippen LogP) is 3.91. The van der Waals surface area contributed by atoms with Crippen LogP contribution in [0.25, 0.3) is 11.4 Å². The lowest BCUT2D eigenvalue weighted by molar-refractivity contribution is -0.134. The van der Waals surface area contributed by atoms with Crippen LogP contribution < -0.4 is 4.74 Å². The summed E-state index contributed by atoms with van der Waals surface area (Å²) in [5, 5.41) is 4.09. The number of aryl methyl sites for hydroxylation is 1. The van der Waals surface area contributed by atoms with E-state index in [4.69, 9.17) is 9.26 Å². The molecule has 29 heavy (non-hydrogen) atoms. The summed E-state index contributed by atoms with van der Waals surface area (Å²) in [5.74, 6) is 2.50. The molecular formula is C23H25N3O3. The zero-order valence-electron chi connectivity index (χ0n) is 16.6. The summed E-state index contributed by atoms with van der Waals surface area (Å²) >= 11 is 0. The Bertz CT molecular complexity index is 930. The van der Waals surface area contributed by atoms with Gasteiger partial charge in [-0.15, -0.1) is 0 Å². The van der Waals surface area contributed by atoms with Gasteiger partial charge in [-0.3, -0.25) is 4.79 Å². The maximum Gasteiger partial charge on any atom is 0.260 e. The van der Waals surface area contributed by atoms with Gasteiger partial charge in [-0.05, 0) is 37.8 Å². The van der Waals surface area contributed by atoms with Crippen molar-refractivity contribution in [3.05, 3.63) is 66.1 Å². The molecule has 1 aliphatic heterocycles. The number of rotatable bonds is 6. The highest BCUT2D eigenvalue weighted by Crippen LogP contribution is 2.23. The molecule has 150 valence electrons. The minimum atomic E-state index is 0.0354. The van der Waals surface area contributed by atoms with Crippen molar-refractivity contribution in [1.29, 1.82) is 0 Å². The van der Waals surface area contributed by atoms with Gasteiger partial charge in [0, 0.05) is 25.1 Å². The standard InChI is InChI=1S/C23H25N3O3/c1-17-7-9-20(10-8-17)28-16-22(27)26-13-11-18(12-14-26)15-21-24-23(25-29-21)19-5-3-2-4-6-19/h2-10,18H,11-16H2,1H3. The molecule has 0 bridgehead atoms. The number of nitrogens with zero attached hydrogens (tertiary/aromatic N) is 3. The van der Waals surface area contributed by atoms with E-state index in [1.807, 2.05) is 66.4 Å². The topological polar surface area (TPSA) is 68.5 Å². The van der Waals surface area contributed by atoms with Crippen LogP contribution in [0.15, 0.2) is 59.1 Å². The Balaban J connectivity index is 1.23. The lowest BCUT2D eigenvalue weighted by Crippen LogP contribution is -2.41. The molecule has 1 amide bonds. The summed E-state index contributed by atoms with van der Waals surface area (Å²) < 4.78 is 11.0. The average Bonchev–Trinajstić information content (AvgIpc) is 3.23. The first-order chi connectivity index (χ1) is 14.2. The monoisotopic (exact) mass is 391 g/mol. The largest absolute Gasteiger partial charge is 0.484 e. The minimum absolute atomic E-state index is 0.0354. The molecule has 2 aromatic carbocycles. The van der Waals surface area contributed by atoms with Gasteiger partial charge < -0.3 is 14.2 Å². The van der Waals surface area contributed by atoms with Crippen molar-refractivity contribution in [3.8, 4) is 17.1 Å². The molecule has 0 radical (unpaired) electrons. The van der Waals surface area contributed by atoms with Gasteiger partial charge in [-0.2, -0.15) is 4.98 Å². The number of carbonyl (C=O) groups excluding carboxylic acids is 1. The third kappa shape index (κ3) is 5.02. The molecule has 6 nitrogen and oxygen atoms in total. The summed E-state index contributed by atoms with van der Waals surface area (Å²) in [7, 11) is 0. The van der Waals surface area contributed by atoms with Gasteiger partial charge in [-0.25, -0.2) is 0 Å². The first-order valence-corrected chi connectivity index (χ1v) is 10.0. The first-order valence-electron chi connectivity index (χ1n) is 10.0. The molecule has 2 heterocycles. The van der Waals surface area contributed by atoms with Crippen molar-refractivity contribution in [2.24, 2.45) is 5.92 Å². The van der Waals surface area contributed by atoms with Gasteiger partial charge in [0.25, 0.3) is 5.91 Å². The number of aromatic nitrogens is 2. The first kappa shape index (κ1) is 19.2. The maximum absolute atomic E-state index is 12.4. The van der Waals surface area contributed by atoms with E-state index >= 15 is 0 Å². The lowest BCUT2D eigenvalue weighted by atomic mass is 9.93. The van der Waals surface area contributed by atoms with Crippen LogP contribution in [-0.4, -0.2) is 40.6 Å². The molecule has 0 aliphatic carbocycles. The molecule has 4 rings (SSSR count). The molecule has 1 aliphatic rings. The zero-order chi connectivity index (χ0) is 20.1. The van der Waals surface area contributed by atoms with Crippen LogP contribution >= 0.6 is 0 Å². The van der Waals surface area contributed by atoms with Gasteiger partial charge in [0.05, 0.1) is 0 Å². The molecule has 1 saturated heterocycles. The molecule has 1 fully saturated rings. The highest BCUT2D eigenvalue weighted by molar-refractivity contribution is 5.77. The summed E-state index contributed by atoms with van der Waals surface area (Å²) in [6, 6.07) is 17.6. The molecule has 3 aromatic rings. The van der Waals surface area contributed by atoms with Gasteiger partial charge in [0.2, 0.25) is 11.7 Å². The van der Waals surface area contributed by atoms with Gasteiger partial charge >= 0.3 is 0 Å². The molecule has 1 aromatic heterocycles. The predicted molar refractivity (Wildman–Crippen MR) is 109 cm³/mol. The Morgan fingerprint density at radius 2 is 1.83 bits per heavy atom. The molecule has 0 atom stereocenters. The maximum atomic E-state index is 12.4. The van der Waals surface area contributed by atoms with Crippen molar-refractivity contribution in [3.63, 3.8) is 0 Å². The smallest absolute Gasteiger partial charge is 0.260 e. The third-order valence-electron chi connectivity index (χ3n) is 5.31. The number of amides is 1. The van der Waals surface area contributed by atoms with E-state index in [0.29, 0.717) is 17.6 Å². The van der Waals surface area contributed by atoms with E-state index in [2.05, 4.69) is 10.1 Å².